The molecule has 22 heavy (non-hydrogen) atoms. The third-order valence-electron chi connectivity index (χ3n) is 7.61. The van der Waals surface area contributed by atoms with Crippen molar-refractivity contribution in [2.75, 3.05) is 0 Å². The molecule has 0 amide bonds. The lowest BCUT2D eigenvalue weighted by atomic mass is 9.65. The first-order valence-corrected chi connectivity index (χ1v) is 10.8. The number of hydrogen-bond acceptors (Lipinski definition) is 0. The first kappa shape index (κ1) is 16.8. The summed E-state index contributed by atoms with van der Waals surface area (Å²) in [5.74, 6) is 5.38. The molecule has 0 aromatic heterocycles. The van der Waals surface area contributed by atoms with Crippen molar-refractivity contribution in [3.05, 3.63) is 0 Å². The van der Waals surface area contributed by atoms with E-state index in [1.165, 1.54) is 57.8 Å². The van der Waals surface area contributed by atoms with Gasteiger partial charge in [-0.2, -0.15) is 0 Å². The Bertz CT molecular complexity index is 271. The number of rotatable bonds is 5. The summed E-state index contributed by atoms with van der Waals surface area (Å²) in [5.41, 5.74) is 0. The van der Waals surface area contributed by atoms with E-state index in [1.807, 2.05) is 0 Å². The molecule has 0 heteroatoms. The van der Waals surface area contributed by atoms with Crippen molar-refractivity contribution in [3.63, 3.8) is 0 Å². The van der Waals surface area contributed by atoms with Gasteiger partial charge in [0, 0.05) is 0 Å². The molecule has 1 unspecified atom stereocenters. The molecule has 128 valence electrons. The average molecular weight is 305 g/mol. The van der Waals surface area contributed by atoms with Crippen LogP contribution >= 0.6 is 0 Å². The lowest BCUT2D eigenvalue weighted by Crippen LogP contribution is -2.30. The smallest absolute Gasteiger partial charge is 0.0355 e. The normalized spacial score (nSPS) is 28.1. The fourth-order valence-electron chi connectivity index (χ4n) is 6.22. The Hall–Kier alpha value is 0. The van der Waals surface area contributed by atoms with Crippen LogP contribution in [0.3, 0.4) is 0 Å². The molecule has 0 spiro atoms. The monoisotopic (exact) mass is 304 g/mol. The van der Waals surface area contributed by atoms with Crippen molar-refractivity contribution in [2.45, 2.75) is 110 Å². The highest BCUT2D eigenvalue weighted by Gasteiger charge is 2.34. The molecule has 3 saturated carbocycles. The molecule has 3 aliphatic carbocycles. The summed E-state index contributed by atoms with van der Waals surface area (Å²) < 4.78 is 0. The maximum atomic E-state index is 2.62. The van der Waals surface area contributed by atoms with Gasteiger partial charge in [-0.3, -0.25) is 0 Å². The van der Waals surface area contributed by atoms with Gasteiger partial charge in [0.15, 0.2) is 0 Å². The fraction of sp³-hybridized carbons (Fsp3) is 1.00. The molecule has 0 aromatic rings. The van der Waals surface area contributed by atoms with E-state index in [0.717, 1.165) is 29.6 Å². The first-order chi connectivity index (χ1) is 10.8. The van der Waals surface area contributed by atoms with Crippen molar-refractivity contribution >= 4 is 0 Å². The van der Waals surface area contributed by atoms with Gasteiger partial charge in [0.2, 0.25) is 0 Å². The summed E-state index contributed by atoms with van der Waals surface area (Å²) in [5, 5.41) is 0. The Labute approximate surface area is 139 Å². The molecule has 3 rings (SSSR count). The largest absolute Gasteiger partial charge is 0.0622 e. The maximum Gasteiger partial charge on any atom is -0.0355 e. The molecule has 0 bridgehead atoms. The Kier molecular flexibility index (Phi) is 6.69. The van der Waals surface area contributed by atoms with Crippen LogP contribution < -0.4 is 0 Å². The highest BCUT2D eigenvalue weighted by Crippen LogP contribution is 2.45. The van der Waals surface area contributed by atoms with Crippen molar-refractivity contribution in [3.8, 4) is 0 Å². The zero-order chi connectivity index (χ0) is 15.2. The molecule has 3 fully saturated rings. The van der Waals surface area contributed by atoms with Crippen LogP contribution in [0, 0.1) is 29.6 Å². The Morgan fingerprint density at radius 2 is 0.909 bits per heavy atom. The van der Waals surface area contributed by atoms with Crippen LogP contribution in [-0.2, 0) is 0 Å². The maximum absolute atomic E-state index is 2.62. The molecule has 1 atom stereocenters. The Morgan fingerprint density at radius 3 is 1.32 bits per heavy atom. The van der Waals surface area contributed by atoms with Crippen molar-refractivity contribution in [1.29, 1.82) is 0 Å². The third-order valence-corrected chi connectivity index (χ3v) is 7.61. The van der Waals surface area contributed by atoms with E-state index in [2.05, 4.69) is 6.92 Å². The molecular formula is C22H40. The van der Waals surface area contributed by atoms with Gasteiger partial charge < -0.3 is 0 Å². The van der Waals surface area contributed by atoms with E-state index in [-0.39, 0.29) is 0 Å². The van der Waals surface area contributed by atoms with E-state index >= 15 is 0 Å². The first-order valence-electron chi connectivity index (χ1n) is 10.8. The summed E-state index contributed by atoms with van der Waals surface area (Å²) in [4.78, 5) is 0. The summed E-state index contributed by atoms with van der Waals surface area (Å²) in [6.45, 7) is 2.62. The molecule has 0 nitrogen and oxygen atoms in total. The van der Waals surface area contributed by atoms with Gasteiger partial charge in [0.25, 0.3) is 0 Å². The van der Waals surface area contributed by atoms with E-state index in [1.54, 1.807) is 44.9 Å². The summed E-state index contributed by atoms with van der Waals surface area (Å²) in [7, 11) is 0. The average Bonchev–Trinajstić information content (AvgIpc) is 2.62. The molecule has 3 aliphatic rings. The Balaban J connectivity index is 1.61. The third kappa shape index (κ3) is 4.51. The highest BCUT2D eigenvalue weighted by molar-refractivity contribution is 4.84. The van der Waals surface area contributed by atoms with E-state index in [4.69, 9.17) is 0 Å². The molecule has 0 saturated heterocycles. The van der Waals surface area contributed by atoms with E-state index < -0.39 is 0 Å². The lowest BCUT2D eigenvalue weighted by Gasteiger charge is -2.41. The van der Waals surface area contributed by atoms with Crippen LogP contribution in [0.1, 0.15) is 110 Å². The molecule has 0 aromatic carbocycles. The van der Waals surface area contributed by atoms with Gasteiger partial charge in [-0.15, -0.1) is 0 Å². The molecule has 0 aliphatic heterocycles. The van der Waals surface area contributed by atoms with Crippen molar-refractivity contribution < 1.29 is 0 Å². The van der Waals surface area contributed by atoms with Crippen LogP contribution in [0.25, 0.3) is 0 Å². The fourth-order valence-corrected chi connectivity index (χ4v) is 6.22. The van der Waals surface area contributed by atoms with Gasteiger partial charge >= 0.3 is 0 Å². The minimum Gasteiger partial charge on any atom is -0.0622 e. The van der Waals surface area contributed by atoms with E-state index in [0.29, 0.717) is 0 Å². The van der Waals surface area contributed by atoms with Gasteiger partial charge in [0.05, 0.1) is 0 Å². The predicted molar refractivity (Wildman–Crippen MR) is 97.0 cm³/mol. The molecule has 0 heterocycles. The quantitative estimate of drug-likeness (QED) is 0.497. The predicted octanol–water partition coefficient (Wildman–Crippen LogP) is 7.37. The van der Waals surface area contributed by atoms with E-state index in [9.17, 15) is 0 Å². The second kappa shape index (κ2) is 8.74. The molecule has 0 N–H and O–H groups in total. The minimum absolute atomic E-state index is 1.01. The molecular weight excluding hydrogens is 264 g/mol. The zero-order valence-electron chi connectivity index (χ0n) is 15.2. The summed E-state index contributed by atoms with van der Waals surface area (Å²) in [6, 6.07) is 0. The van der Waals surface area contributed by atoms with Crippen LogP contribution in [0.2, 0.25) is 0 Å². The SMILES string of the molecule is CC(CC(C1CCCCC1)C1CCCCC1)C1CCCCC1. The second-order valence-electron chi connectivity index (χ2n) is 9.07. The number of hydrogen-bond donors (Lipinski definition) is 0. The van der Waals surface area contributed by atoms with Gasteiger partial charge in [0.1, 0.15) is 0 Å². The highest BCUT2D eigenvalue weighted by atomic mass is 14.4. The van der Waals surface area contributed by atoms with Crippen LogP contribution in [-0.4, -0.2) is 0 Å². The van der Waals surface area contributed by atoms with Crippen molar-refractivity contribution in [2.24, 2.45) is 29.6 Å². The standard InChI is InChI=1S/C22H40/c1-18(19-11-5-2-6-12-19)17-22(20-13-7-3-8-14-20)21-15-9-4-10-16-21/h18-22H,2-17H2,1H3. The topological polar surface area (TPSA) is 0 Å². The van der Waals surface area contributed by atoms with Crippen LogP contribution in [0.5, 0.6) is 0 Å². The lowest BCUT2D eigenvalue weighted by molar-refractivity contribution is 0.0998. The summed E-state index contributed by atoms with van der Waals surface area (Å²) in [6.07, 6.45) is 24.7. The Morgan fingerprint density at radius 1 is 0.545 bits per heavy atom. The van der Waals surface area contributed by atoms with Crippen LogP contribution in [0.15, 0.2) is 0 Å². The van der Waals surface area contributed by atoms with Gasteiger partial charge in [-0.1, -0.05) is 103 Å². The summed E-state index contributed by atoms with van der Waals surface area (Å²) >= 11 is 0. The van der Waals surface area contributed by atoms with Crippen LogP contribution in [0.4, 0.5) is 0 Å². The van der Waals surface area contributed by atoms with Crippen molar-refractivity contribution in [1.82, 2.24) is 0 Å². The van der Waals surface area contributed by atoms with Gasteiger partial charge in [-0.25, -0.2) is 0 Å². The minimum atomic E-state index is 1.01. The second-order valence-corrected chi connectivity index (χ2v) is 9.07. The molecule has 0 radical (unpaired) electrons. The zero-order valence-corrected chi connectivity index (χ0v) is 15.2. The van der Waals surface area contributed by atoms with Gasteiger partial charge in [-0.05, 0) is 36.0 Å².